The van der Waals surface area contributed by atoms with Gasteiger partial charge < -0.3 is 14.8 Å². The van der Waals surface area contributed by atoms with Crippen molar-refractivity contribution in [2.75, 3.05) is 20.8 Å². The van der Waals surface area contributed by atoms with Crippen LogP contribution in [0.5, 0.6) is 11.5 Å². The molecule has 3 nitrogen and oxygen atoms in total. The van der Waals surface area contributed by atoms with Crippen molar-refractivity contribution in [3.05, 3.63) is 45.6 Å². The Hall–Kier alpha value is -1.52. The van der Waals surface area contributed by atoms with Gasteiger partial charge in [0.25, 0.3) is 0 Å². The van der Waals surface area contributed by atoms with Crippen molar-refractivity contribution in [3.63, 3.8) is 0 Å². The normalized spacial score (nSPS) is 12.2. The highest BCUT2D eigenvalue weighted by Crippen LogP contribution is 2.31. The van der Waals surface area contributed by atoms with E-state index in [9.17, 15) is 0 Å². The third-order valence-electron chi connectivity index (χ3n) is 3.20. The molecule has 4 heteroatoms. The first-order chi connectivity index (χ1) is 9.67. The van der Waals surface area contributed by atoms with Gasteiger partial charge in [0.15, 0.2) is 0 Å². The minimum atomic E-state index is 0.161. The van der Waals surface area contributed by atoms with Gasteiger partial charge in [-0.25, -0.2) is 0 Å². The molecule has 0 amide bonds. The van der Waals surface area contributed by atoms with Crippen LogP contribution in [-0.4, -0.2) is 20.8 Å². The number of thiophene rings is 1. The molecule has 0 radical (unpaired) electrons. The van der Waals surface area contributed by atoms with Gasteiger partial charge in [-0.05, 0) is 48.2 Å². The van der Waals surface area contributed by atoms with Gasteiger partial charge in [0.2, 0.25) is 0 Å². The van der Waals surface area contributed by atoms with Crippen molar-refractivity contribution in [2.24, 2.45) is 0 Å². The van der Waals surface area contributed by atoms with Gasteiger partial charge in [-0.1, -0.05) is 6.92 Å². The summed E-state index contributed by atoms with van der Waals surface area (Å²) in [5.41, 5.74) is 2.44. The largest absolute Gasteiger partial charge is 0.497 e. The number of nitrogens with one attached hydrogen (secondary N) is 1. The molecule has 0 bridgehead atoms. The van der Waals surface area contributed by atoms with Gasteiger partial charge in [0.05, 0.1) is 20.3 Å². The van der Waals surface area contributed by atoms with E-state index in [0.29, 0.717) is 0 Å². The van der Waals surface area contributed by atoms with Gasteiger partial charge in [0.1, 0.15) is 11.5 Å². The molecule has 0 spiro atoms. The monoisotopic (exact) mass is 291 g/mol. The smallest absolute Gasteiger partial charge is 0.122 e. The molecule has 1 atom stereocenters. The second kappa shape index (κ2) is 6.77. The van der Waals surface area contributed by atoms with Crippen molar-refractivity contribution in [3.8, 4) is 11.5 Å². The Morgan fingerprint density at radius 3 is 2.15 bits per heavy atom. The Bertz CT molecular complexity index is 543. The molecular formula is C16H21NO2S. The summed E-state index contributed by atoms with van der Waals surface area (Å²) in [5.74, 6) is 1.63. The van der Waals surface area contributed by atoms with Gasteiger partial charge in [-0.3, -0.25) is 0 Å². The molecular weight excluding hydrogens is 270 g/mol. The maximum absolute atomic E-state index is 5.36. The first-order valence-electron chi connectivity index (χ1n) is 6.69. The summed E-state index contributed by atoms with van der Waals surface area (Å²) in [4.78, 5) is 1.32. The molecule has 108 valence electrons. The highest BCUT2D eigenvalue weighted by atomic mass is 32.1. The third kappa shape index (κ3) is 3.32. The number of rotatable bonds is 6. The number of benzene rings is 1. The van der Waals surface area contributed by atoms with E-state index in [4.69, 9.17) is 9.47 Å². The van der Waals surface area contributed by atoms with Crippen LogP contribution in [0.1, 0.15) is 29.0 Å². The summed E-state index contributed by atoms with van der Waals surface area (Å²) < 4.78 is 10.7. The zero-order valence-corrected chi connectivity index (χ0v) is 13.2. The van der Waals surface area contributed by atoms with E-state index in [1.54, 1.807) is 25.6 Å². The molecule has 20 heavy (non-hydrogen) atoms. The fourth-order valence-corrected chi connectivity index (χ4v) is 2.97. The van der Waals surface area contributed by atoms with Crippen molar-refractivity contribution in [2.45, 2.75) is 19.9 Å². The SMILES string of the molecule is CCNC(c1cc(OC)cc(OC)c1)c1csc(C)c1. The second-order valence-corrected chi connectivity index (χ2v) is 5.74. The lowest BCUT2D eigenvalue weighted by Gasteiger charge is -2.19. The Morgan fingerprint density at radius 1 is 1.05 bits per heavy atom. The number of methoxy groups -OCH3 is 2. The highest BCUT2D eigenvalue weighted by molar-refractivity contribution is 7.10. The number of hydrogen-bond donors (Lipinski definition) is 1. The average molecular weight is 291 g/mol. The van der Waals surface area contributed by atoms with E-state index in [1.807, 2.05) is 6.07 Å². The second-order valence-electron chi connectivity index (χ2n) is 4.63. The third-order valence-corrected chi connectivity index (χ3v) is 4.08. The molecule has 1 heterocycles. The molecule has 0 saturated heterocycles. The van der Waals surface area contributed by atoms with Crippen molar-refractivity contribution < 1.29 is 9.47 Å². The van der Waals surface area contributed by atoms with Crippen molar-refractivity contribution in [1.29, 1.82) is 0 Å². The molecule has 0 aliphatic rings. The molecule has 1 N–H and O–H groups in total. The Kier molecular flexibility index (Phi) is 5.04. The molecule has 1 unspecified atom stereocenters. The van der Waals surface area contributed by atoms with E-state index in [0.717, 1.165) is 23.6 Å². The Labute approximate surface area is 124 Å². The summed E-state index contributed by atoms with van der Waals surface area (Å²) in [6.07, 6.45) is 0. The first-order valence-corrected chi connectivity index (χ1v) is 7.57. The number of ether oxygens (including phenoxy) is 2. The topological polar surface area (TPSA) is 30.5 Å². The maximum Gasteiger partial charge on any atom is 0.122 e. The fraction of sp³-hybridized carbons (Fsp3) is 0.375. The molecule has 0 fully saturated rings. The van der Waals surface area contributed by atoms with Crippen LogP contribution in [0.3, 0.4) is 0 Å². The van der Waals surface area contributed by atoms with Crippen LogP contribution in [0.2, 0.25) is 0 Å². The predicted octanol–water partition coefficient (Wildman–Crippen LogP) is 3.77. The standard InChI is InChI=1S/C16H21NO2S/c1-5-17-16(13-6-11(2)20-10-13)12-7-14(18-3)9-15(8-12)19-4/h6-10,16-17H,5H2,1-4H3. The lowest BCUT2D eigenvalue weighted by molar-refractivity contribution is 0.392. The Balaban J connectivity index is 2.42. The van der Waals surface area contributed by atoms with Crippen molar-refractivity contribution >= 4 is 11.3 Å². The van der Waals surface area contributed by atoms with Crippen LogP contribution in [0, 0.1) is 6.92 Å². The first kappa shape index (κ1) is 14.9. The van der Waals surface area contributed by atoms with E-state index in [-0.39, 0.29) is 6.04 Å². The van der Waals surface area contributed by atoms with Crippen LogP contribution < -0.4 is 14.8 Å². The zero-order chi connectivity index (χ0) is 14.5. The number of aryl methyl sites for hydroxylation is 1. The summed E-state index contributed by atoms with van der Waals surface area (Å²) in [7, 11) is 3.35. The van der Waals surface area contributed by atoms with Crippen LogP contribution in [-0.2, 0) is 0 Å². The van der Waals surface area contributed by atoms with E-state index in [1.165, 1.54) is 10.4 Å². The fourth-order valence-electron chi connectivity index (χ4n) is 2.24. The van der Waals surface area contributed by atoms with Gasteiger partial charge in [-0.15, -0.1) is 11.3 Å². The van der Waals surface area contributed by atoms with Gasteiger partial charge in [0, 0.05) is 10.9 Å². The molecule has 1 aromatic heterocycles. The van der Waals surface area contributed by atoms with Crippen LogP contribution >= 0.6 is 11.3 Å². The van der Waals surface area contributed by atoms with Gasteiger partial charge in [-0.2, -0.15) is 0 Å². The quantitative estimate of drug-likeness (QED) is 0.878. The maximum atomic E-state index is 5.36. The van der Waals surface area contributed by atoms with Crippen LogP contribution in [0.4, 0.5) is 0 Å². The van der Waals surface area contributed by atoms with E-state index < -0.39 is 0 Å². The van der Waals surface area contributed by atoms with Crippen LogP contribution in [0.15, 0.2) is 29.6 Å². The molecule has 2 rings (SSSR count). The van der Waals surface area contributed by atoms with Crippen LogP contribution in [0.25, 0.3) is 0 Å². The summed E-state index contributed by atoms with van der Waals surface area (Å²) in [6.45, 7) is 5.14. The highest BCUT2D eigenvalue weighted by Gasteiger charge is 2.16. The zero-order valence-electron chi connectivity index (χ0n) is 12.4. The lowest BCUT2D eigenvalue weighted by atomic mass is 10.00. The van der Waals surface area contributed by atoms with Crippen molar-refractivity contribution in [1.82, 2.24) is 5.32 Å². The lowest BCUT2D eigenvalue weighted by Crippen LogP contribution is -2.21. The molecule has 1 aromatic carbocycles. The van der Waals surface area contributed by atoms with E-state index in [2.05, 4.69) is 42.7 Å². The van der Waals surface area contributed by atoms with Gasteiger partial charge >= 0.3 is 0 Å². The van der Waals surface area contributed by atoms with E-state index >= 15 is 0 Å². The molecule has 0 aliphatic heterocycles. The minimum absolute atomic E-state index is 0.161. The summed E-state index contributed by atoms with van der Waals surface area (Å²) >= 11 is 1.77. The Morgan fingerprint density at radius 2 is 1.70 bits per heavy atom. The average Bonchev–Trinajstić information content (AvgIpc) is 2.90. The summed E-state index contributed by atoms with van der Waals surface area (Å²) in [5, 5.41) is 5.73. The minimum Gasteiger partial charge on any atom is -0.497 e. The predicted molar refractivity (Wildman–Crippen MR) is 84.1 cm³/mol. The molecule has 2 aromatic rings. The molecule has 0 aliphatic carbocycles. The summed E-state index contributed by atoms with van der Waals surface area (Å²) in [6, 6.07) is 8.40. The molecule has 0 saturated carbocycles. The number of hydrogen-bond acceptors (Lipinski definition) is 4.